The lowest BCUT2D eigenvalue weighted by Crippen LogP contribution is -2.41. The van der Waals surface area contributed by atoms with E-state index in [0.29, 0.717) is 0 Å². The Hall–Kier alpha value is -0.280. The molecule has 2 aliphatic rings. The number of methoxy groups -OCH3 is 1. The fourth-order valence-electron chi connectivity index (χ4n) is 2.44. The summed E-state index contributed by atoms with van der Waals surface area (Å²) in [7, 11) is 1.48. The minimum Gasteiger partial charge on any atom is -0.469 e. The molecule has 0 bridgehead atoms. The summed E-state index contributed by atoms with van der Waals surface area (Å²) in [6.07, 6.45) is 3.66. The first-order chi connectivity index (χ1) is 5.78. The van der Waals surface area contributed by atoms with Crippen LogP contribution in [0.15, 0.2) is 0 Å². The van der Waals surface area contributed by atoms with Crippen molar-refractivity contribution in [2.24, 2.45) is 11.3 Å². The average molecular weight is 206 g/mol. The van der Waals surface area contributed by atoms with Gasteiger partial charge in [0, 0.05) is 13.1 Å². The van der Waals surface area contributed by atoms with E-state index in [9.17, 15) is 4.79 Å². The van der Waals surface area contributed by atoms with Gasteiger partial charge in [-0.2, -0.15) is 0 Å². The second-order valence-corrected chi connectivity index (χ2v) is 3.92. The minimum atomic E-state index is -0.0281. The normalized spacial score (nSPS) is 29.2. The molecule has 1 N–H and O–H groups in total. The van der Waals surface area contributed by atoms with Crippen LogP contribution in [0, 0.1) is 11.3 Å². The molecule has 1 saturated heterocycles. The fraction of sp³-hybridized carbons (Fsp3) is 0.889. The molecule has 1 aliphatic carbocycles. The SMILES string of the molecule is COC(=O)C1CNCC12CCC2.Cl. The maximum absolute atomic E-state index is 11.4. The number of hydrogen-bond acceptors (Lipinski definition) is 3. The Morgan fingerprint density at radius 2 is 2.23 bits per heavy atom. The summed E-state index contributed by atoms with van der Waals surface area (Å²) in [5, 5.41) is 3.28. The highest BCUT2D eigenvalue weighted by Gasteiger charge is 2.50. The molecule has 0 amide bonds. The van der Waals surface area contributed by atoms with Gasteiger partial charge in [0.2, 0.25) is 0 Å². The lowest BCUT2D eigenvalue weighted by molar-refractivity contribution is -0.150. The summed E-state index contributed by atoms with van der Waals surface area (Å²) in [5.74, 6) is 0.0935. The monoisotopic (exact) mass is 205 g/mol. The molecule has 0 aromatic carbocycles. The maximum Gasteiger partial charge on any atom is 0.310 e. The lowest BCUT2D eigenvalue weighted by atomic mass is 9.63. The van der Waals surface area contributed by atoms with Crippen LogP contribution in [0.4, 0.5) is 0 Å². The molecule has 13 heavy (non-hydrogen) atoms. The van der Waals surface area contributed by atoms with Crippen LogP contribution in [0.3, 0.4) is 0 Å². The summed E-state index contributed by atoms with van der Waals surface area (Å²) in [6, 6.07) is 0. The van der Waals surface area contributed by atoms with Crippen molar-refractivity contribution < 1.29 is 9.53 Å². The largest absolute Gasteiger partial charge is 0.469 e. The van der Waals surface area contributed by atoms with Crippen molar-refractivity contribution in [3.05, 3.63) is 0 Å². The molecule has 1 spiro atoms. The summed E-state index contributed by atoms with van der Waals surface area (Å²) in [4.78, 5) is 11.4. The molecule has 3 nitrogen and oxygen atoms in total. The van der Waals surface area contributed by atoms with Gasteiger partial charge in [-0.25, -0.2) is 0 Å². The molecule has 0 aromatic rings. The number of carbonyl (C=O) groups is 1. The lowest BCUT2D eigenvalue weighted by Gasteiger charge is -2.41. The molecule has 1 atom stereocenters. The summed E-state index contributed by atoms with van der Waals surface area (Å²) in [6.45, 7) is 1.82. The maximum atomic E-state index is 11.4. The van der Waals surface area contributed by atoms with E-state index in [-0.39, 0.29) is 29.7 Å². The number of esters is 1. The highest BCUT2D eigenvalue weighted by molar-refractivity contribution is 5.85. The van der Waals surface area contributed by atoms with Crippen LogP contribution < -0.4 is 5.32 Å². The van der Waals surface area contributed by atoms with E-state index in [0.717, 1.165) is 13.1 Å². The molecule has 76 valence electrons. The van der Waals surface area contributed by atoms with Crippen LogP contribution in [-0.4, -0.2) is 26.2 Å². The first-order valence-electron chi connectivity index (χ1n) is 4.57. The number of rotatable bonds is 1. The van der Waals surface area contributed by atoms with Crippen molar-refractivity contribution in [2.45, 2.75) is 19.3 Å². The van der Waals surface area contributed by atoms with Crippen molar-refractivity contribution in [3.63, 3.8) is 0 Å². The fourth-order valence-corrected chi connectivity index (χ4v) is 2.44. The Bertz CT molecular complexity index is 204. The van der Waals surface area contributed by atoms with Crippen molar-refractivity contribution in [2.75, 3.05) is 20.2 Å². The van der Waals surface area contributed by atoms with Crippen molar-refractivity contribution in [1.29, 1.82) is 0 Å². The van der Waals surface area contributed by atoms with Gasteiger partial charge in [-0.05, 0) is 18.3 Å². The number of hydrogen-bond donors (Lipinski definition) is 1. The highest BCUT2D eigenvalue weighted by atomic mass is 35.5. The second kappa shape index (κ2) is 3.84. The molecule has 1 aliphatic heterocycles. The summed E-state index contributed by atoms with van der Waals surface area (Å²) >= 11 is 0. The van der Waals surface area contributed by atoms with E-state index in [1.165, 1.54) is 26.4 Å². The molecule has 4 heteroatoms. The van der Waals surface area contributed by atoms with Crippen LogP contribution in [-0.2, 0) is 9.53 Å². The predicted octanol–water partition coefficient (Wildman–Crippen LogP) is 0.971. The van der Waals surface area contributed by atoms with Gasteiger partial charge in [0.15, 0.2) is 0 Å². The van der Waals surface area contributed by atoms with Crippen molar-refractivity contribution >= 4 is 18.4 Å². The smallest absolute Gasteiger partial charge is 0.310 e. The van der Waals surface area contributed by atoms with Gasteiger partial charge in [-0.15, -0.1) is 12.4 Å². The summed E-state index contributed by atoms with van der Waals surface area (Å²) < 4.78 is 4.79. The molecular weight excluding hydrogens is 190 g/mol. The first kappa shape index (κ1) is 10.8. The van der Waals surface area contributed by atoms with Crippen LogP contribution in [0.1, 0.15) is 19.3 Å². The van der Waals surface area contributed by atoms with Gasteiger partial charge in [-0.3, -0.25) is 4.79 Å². The molecule has 0 radical (unpaired) electrons. The van der Waals surface area contributed by atoms with Crippen LogP contribution in [0.5, 0.6) is 0 Å². The van der Waals surface area contributed by atoms with Crippen molar-refractivity contribution in [1.82, 2.24) is 5.32 Å². The average Bonchev–Trinajstić information content (AvgIpc) is 2.45. The Labute approximate surface area is 84.6 Å². The minimum absolute atomic E-state index is 0. The zero-order chi connectivity index (χ0) is 8.60. The molecule has 2 fully saturated rings. The number of ether oxygens (including phenoxy) is 1. The van der Waals surface area contributed by atoms with Crippen LogP contribution in [0.2, 0.25) is 0 Å². The van der Waals surface area contributed by atoms with E-state index in [2.05, 4.69) is 5.32 Å². The zero-order valence-electron chi connectivity index (χ0n) is 7.84. The number of nitrogens with one attached hydrogen (secondary N) is 1. The van der Waals surface area contributed by atoms with E-state index in [4.69, 9.17) is 4.74 Å². The highest BCUT2D eigenvalue weighted by Crippen LogP contribution is 2.49. The van der Waals surface area contributed by atoms with E-state index >= 15 is 0 Å². The van der Waals surface area contributed by atoms with Gasteiger partial charge in [0.25, 0.3) is 0 Å². The molecule has 1 unspecified atom stereocenters. The Balaban J connectivity index is 0.000000845. The third kappa shape index (κ3) is 1.55. The molecular formula is C9H16ClNO2. The molecule has 1 heterocycles. The van der Waals surface area contributed by atoms with Gasteiger partial charge in [0.1, 0.15) is 0 Å². The van der Waals surface area contributed by atoms with Gasteiger partial charge < -0.3 is 10.1 Å². The van der Waals surface area contributed by atoms with Crippen molar-refractivity contribution in [3.8, 4) is 0 Å². The van der Waals surface area contributed by atoms with Crippen LogP contribution >= 0.6 is 12.4 Å². The molecule has 1 saturated carbocycles. The van der Waals surface area contributed by atoms with E-state index in [1.54, 1.807) is 0 Å². The first-order valence-corrected chi connectivity index (χ1v) is 4.57. The van der Waals surface area contributed by atoms with E-state index in [1.807, 2.05) is 0 Å². The Kier molecular flexibility index (Phi) is 3.19. The number of carbonyl (C=O) groups excluding carboxylic acids is 1. The molecule has 2 rings (SSSR count). The number of halogens is 1. The zero-order valence-corrected chi connectivity index (χ0v) is 8.65. The van der Waals surface area contributed by atoms with Gasteiger partial charge >= 0.3 is 5.97 Å². The molecule has 0 aromatic heterocycles. The van der Waals surface area contributed by atoms with E-state index < -0.39 is 0 Å². The van der Waals surface area contributed by atoms with Gasteiger partial charge in [-0.1, -0.05) is 6.42 Å². The van der Waals surface area contributed by atoms with Gasteiger partial charge in [0.05, 0.1) is 13.0 Å². The standard InChI is InChI=1S/C9H15NO2.ClH/c1-12-8(11)7-5-10-6-9(7)3-2-4-9;/h7,10H,2-6H2,1H3;1H. The third-order valence-corrected chi connectivity index (χ3v) is 3.40. The summed E-state index contributed by atoms with van der Waals surface area (Å²) in [5.41, 5.74) is 0.271. The predicted molar refractivity (Wildman–Crippen MR) is 51.9 cm³/mol. The quantitative estimate of drug-likeness (QED) is 0.649. The third-order valence-electron chi connectivity index (χ3n) is 3.40. The second-order valence-electron chi connectivity index (χ2n) is 3.92. The Morgan fingerprint density at radius 1 is 1.54 bits per heavy atom. The topological polar surface area (TPSA) is 38.3 Å². The Morgan fingerprint density at radius 3 is 2.69 bits per heavy atom. The van der Waals surface area contributed by atoms with Crippen LogP contribution in [0.25, 0.3) is 0 Å².